The number of amides is 1. The maximum absolute atomic E-state index is 13.8. The van der Waals surface area contributed by atoms with E-state index in [9.17, 15) is 13.6 Å². The molecule has 5 rings (SSSR count). The van der Waals surface area contributed by atoms with Crippen molar-refractivity contribution >= 4 is 18.1 Å². The van der Waals surface area contributed by atoms with Gasteiger partial charge in [-0.25, -0.2) is 23.8 Å². The lowest BCUT2D eigenvalue weighted by Gasteiger charge is -2.40. The Balaban J connectivity index is 1.27. The van der Waals surface area contributed by atoms with E-state index in [0.29, 0.717) is 55.5 Å². The number of rotatable bonds is 3. The van der Waals surface area contributed by atoms with E-state index in [1.807, 2.05) is 13.0 Å². The second-order valence-corrected chi connectivity index (χ2v) is 9.24. The van der Waals surface area contributed by atoms with Crippen molar-refractivity contribution in [3.63, 3.8) is 0 Å². The number of carbonyl (C=O) groups excluding carboxylic acids is 1. The van der Waals surface area contributed by atoms with E-state index in [1.54, 1.807) is 12.4 Å². The first-order valence-corrected chi connectivity index (χ1v) is 11.3. The minimum atomic E-state index is -0.659. The quantitative estimate of drug-likeness (QED) is 0.663. The molecule has 3 aliphatic rings. The van der Waals surface area contributed by atoms with Crippen molar-refractivity contribution in [1.82, 2.24) is 15.0 Å². The number of benzene rings is 1. The molecule has 8 heteroatoms. The third-order valence-electron chi connectivity index (χ3n) is 6.60. The molecule has 170 valence electrons. The summed E-state index contributed by atoms with van der Waals surface area (Å²) < 4.78 is 27.5. The molecular formula is C25H25F2N5O. The standard InChI is InChI=1S/C25H25F2N5O/c1-25(23(33)32-22(7-11-29-32)18-14-19(26)16-20(27)15-18)8-12-31(13-9-25)24-28-10-6-21(30-24)5-4-17-2-3-17/h6,10-11,14-17,22H,2-3,7-9,12-13H2,1H3/t22-/m0/s1. The summed E-state index contributed by atoms with van der Waals surface area (Å²) in [5.41, 5.74) is 0.496. The van der Waals surface area contributed by atoms with Gasteiger partial charge in [-0.05, 0) is 55.4 Å². The molecule has 1 aromatic heterocycles. The number of carbonyl (C=O) groups is 1. The molecule has 1 atom stereocenters. The number of halogens is 2. The summed E-state index contributed by atoms with van der Waals surface area (Å²) in [4.78, 5) is 24.5. The first-order chi connectivity index (χ1) is 15.9. The summed E-state index contributed by atoms with van der Waals surface area (Å²) in [5, 5.41) is 5.66. The zero-order chi connectivity index (χ0) is 23.0. The van der Waals surface area contributed by atoms with Gasteiger partial charge in [0.15, 0.2) is 0 Å². The van der Waals surface area contributed by atoms with Gasteiger partial charge >= 0.3 is 0 Å². The maximum atomic E-state index is 13.8. The van der Waals surface area contributed by atoms with Gasteiger partial charge in [-0.2, -0.15) is 5.10 Å². The third-order valence-corrected chi connectivity index (χ3v) is 6.60. The highest BCUT2D eigenvalue weighted by Gasteiger charge is 2.43. The second kappa shape index (κ2) is 8.54. The molecule has 2 aromatic rings. The molecule has 3 heterocycles. The van der Waals surface area contributed by atoms with Crippen LogP contribution in [0.2, 0.25) is 0 Å². The Hall–Kier alpha value is -3.34. The zero-order valence-corrected chi connectivity index (χ0v) is 18.5. The van der Waals surface area contributed by atoms with Crippen LogP contribution in [0, 0.1) is 34.8 Å². The van der Waals surface area contributed by atoms with Crippen molar-refractivity contribution in [3.8, 4) is 11.8 Å². The molecule has 1 aromatic carbocycles. The van der Waals surface area contributed by atoms with Crippen molar-refractivity contribution < 1.29 is 13.6 Å². The Morgan fingerprint density at radius 2 is 1.88 bits per heavy atom. The first kappa shape index (κ1) is 21.5. The van der Waals surface area contributed by atoms with Gasteiger partial charge in [-0.1, -0.05) is 12.8 Å². The molecule has 1 saturated carbocycles. The van der Waals surface area contributed by atoms with Crippen molar-refractivity contribution in [3.05, 3.63) is 53.4 Å². The lowest BCUT2D eigenvalue weighted by atomic mass is 9.79. The Bertz CT molecular complexity index is 1140. The van der Waals surface area contributed by atoms with Gasteiger partial charge in [-0.3, -0.25) is 4.79 Å². The lowest BCUT2D eigenvalue weighted by molar-refractivity contribution is -0.144. The SMILES string of the molecule is CC1(C(=O)N2N=CC[C@H]2c2cc(F)cc(F)c2)CCN(c2nccc(C#CC3CC3)n2)CC1. The fourth-order valence-corrected chi connectivity index (χ4v) is 4.32. The van der Waals surface area contributed by atoms with Gasteiger partial charge in [0.1, 0.15) is 17.3 Å². The predicted octanol–water partition coefficient (Wildman–Crippen LogP) is 4.08. The Labute approximate surface area is 191 Å². The zero-order valence-electron chi connectivity index (χ0n) is 18.5. The largest absolute Gasteiger partial charge is 0.341 e. The van der Waals surface area contributed by atoms with E-state index < -0.39 is 23.1 Å². The highest BCUT2D eigenvalue weighted by atomic mass is 19.1. The molecule has 0 unspecified atom stereocenters. The molecule has 6 nitrogen and oxygen atoms in total. The Morgan fingerprint density at radius 3 is 2.58 bits per heavy atom. The number of anilines is 1. The van der Waals surface area contributed by atoms with Crippen LogP contribution in [0.4, 0.5) is 14.7 Å². The molecule has 0 N–H and O–H groups in total. The second-order valence-electron chi connectivity index (χ2n) is 9.24. The van der Waals surface area contributed by atoms with Crippen LogP contribution in [0.5, 0.6) is 0 Å². The van der Waals surface area contributed by atoms with E-state index in [1.165, 1.54) is 30.0 Å². The van der Waals surface area contributed by atoms with E-state index in [-0.39, 0.29) is 5.91 Å². The van der Waals surface area contributed by atoms with Crippen LogP contribution in [0.25, 0.3) is 0 Å². The number of nitrogens with zero attached hydrogens (tertiary/aromatic N) is 5. The van der Waals surface area contributed by atoms with Crippen molar-refractivity contribution in [1.29, 1.82) is 0 Å². The average Bonchev–Trinajstić information content (AvgIpc) is 3.51. The summed E-state index contributed by atoms with van der Waals surface area (Å²) in [7, 11) is 0. The van der Waals surface area contributed by atoms with Gasteiger partial charge in [0.25, 0.3) is 0 Å². The number of hydrogen-bond acceptors (Lipinski definition) is 5. The Morgan fingerprint density at radius 1 is 1.15 bits per heavy atom. The van der Waals surface area contributed by atoms with Crippen LogP contribution in [0.3, 0.4) is 0 Å². The molecular weight excluding hydrogens is 424 g/mol. The van der Waals surface area contributed by atoms with Gasteiger partial charge in [-0.15, -0.1) is 0 Å². The smallest absolute Gasteiger partial charge is 0.249 e. The minimum absolute atomic E-state index is 0.129. The van der Waals surface area contributed by atoms with E-state index in [4.69, 9.17) is 0 Å². The molecule has 2 fully saturated rings. The summed E-state index contributed by atoms with van der Waals surface area (Å²) >= 11 is 0. The third kappa shape index (κ3) is 4.58. The highest BCUT2D eigenvalue weighted by Crippen LogP contribution is 2.39. The topological polar surface area (TPSA) is 61.7 Å². The lowest BCUT2D eigenvalue weighted by Crippen LogP contribution is -2.48. The van der Waals surface area contributed by atoms with E-state index in [2.05, 4.69) is 31.8 Å². The molecule has 1 amide bonds. The molecule has 1 saturated heterocycles. The maximum Gasteiger partial charge on any atom is 0.249 e. The number of hydrogen-bond donors (Lipinski definition) is 0. The average molecular weight is 450 g/mol. The first-order valence-electron chi connectivity index (χ1n) is 11.3. The van der Waals surface area contributed by atoms with Gasteiger partial charge < -0.3 is 4.90 Å². The fraction of sp³-hybridized carbons (Fsp3) is 0.440. The number of hydrazone groups is 1. The Kier molecular flexibility index (Phi) is 5.57. The summed E-state index contributed by atoms with van der Waals surface area (Å²) in [6, 6.07) is 4.69. The number of aromatic nitrogens is 2. The van der Waals surface area contributed by atoms with Crippen LogP contribution < -0.4 is 4.90 Å². The molecule has 33 heavy (non-hydrogen) atoms. The van der Waals surface area contributed by atoms with Gasteiger partial charge in [0.2, 0.25) is 11.9 Å². The molecule has 1 aliphatic carbocycles. The molecule has 2 aliphatic heterocycles. The van der Waals surface area contributed by atoms with E-state index in [0.717, 1.165) is 6.07 Å². The summed E-state index contributed by atoms with van der Waals surface area (Å²) in [5.74, 6) is 6.03. The van der Waals surface area contributed by atoms with Crippen LogP contribution in [0.1, 0.15) is 56.3 Å². The highest BCUT2D eigenvalue weighted by molar-refractivity contribution is 5.85. The summed E-state index contributed by atoms with van der Waals surface area (Å²) in [6.07, 6.45) is 7.32. The van der Waals surface area contributed by atoms with Gasteiger partial charge in [0, 0.05) is 43.9 Å². The number of piperidine rings is 1. The minimum Gasteiger partial charge on any atom is -0.341 e. The van der Waals surface area contributed by atoms with Crippen LogP contribution in [0.15, 0.2) is 35.6 Å². The molecule has 0 bridgehead atoms. The van der Waals surface area contributed by atoms with Crippen molar-refractivity contribution in [2.75, 3.05) is 18.0 Å². The molecule has 0 radical (unpaired) electrons. The molecule has 0 spiro atoms. The van der Waals surface area contributed by atoms with E-state index >= 15 is 0 Å². The van der Waals surface area contributed by atoms with Crippen molar-refractivity contribution in [2.24, 2.45) is 16.4 Å². The predicted molar refractivity (Wildman–Crippen MR) is 120 cm³/mol. The van der Waals surface area contributed by atoms with Gasteiger partial charge in [0.05, 0.1) is 11.5 Å². The van der Waals surface area contributed by atoms with Crippen molar-refractivity contribution in [2.45, 2.75) is 45.1 Å². The monoisotopic (exact) mass is 449 g/mol. The van der Waals surface area contributed by atoms with Crippen LogP contribution >= 0.6 is 0 Å². The fourth-order valence-electron chi connectivity index (χ4n) is 4.32. The normalized spacial score (nSPS) is 21.6. The summed E-state index contributed by atoms with van der Waals surface area (Å²) in [6.45, 7) is 3.18. The van der Waals surface area contributed by atoms with Crippen LogP contribution in [-0.2, 0) is 4.79 Å². The van der Waals surface area contributed by atoms with Crippen LogP contribution in [-0.4, -0.2) is 40.2 Å².